The van der Waals surface area contributed by atoms with Gasteiger partial charge in [0.25, 0.3) is 5.91 Å². The third-order valence-corrected chi connectivity index (χ3v) is 5.84. The van der Waals surface area contributed by atoms with Crippen LogP contribution in [0.5, 0.6) is 0 Å². The zero-order valence-corrected chi connectivity index (χ0v) is 16.6. The monoisotopic (exact) mass is 444 g/mol. The van der Waals surface area contributed by atoms with Crippen molar-refractivity contribution in [2.24, 2.45) is 11.8 Å². The van der Waals surface area contributed by atoms with Gasteiger partial charge >= 0.3 is 12.1 Å². The van der Waals surface area contributed by atoms with Crippen molar-refractivity contribution in [3.8, 4) is 0 Å². The molecule has 1 aromatic heterocycles. The summed E-state index contributed by atoms with van der Waals surface area (Å²) < 4.78 is 45.0. The minimum atomic E-state index is -5.08. The van der Waals surface area contributed by atoms with Gasteiger partial charge in [-0.1, -0.05) is 12.1 Å². The lowest BCUT2D eigenvalue weighted by Crippen LogP contribution is -2.32. The summed E-state index contributed by atoms with van der Waals surface area (Å²) in [6.07, 6.45) is -5.08. The molecular formula is C20H20F4N2O3S. The van der Waals surface area contributed by atoms with Crippen LogP contribution in [0.2, 0.25) is 0 Å². The molecule has 10 heteroatoms. The molecule has 5 nitrogen and oxygen atoms in total. The first-order valence-corrected chi connectivity index (χ1v) is 10.2. The molecule has 3 heterocycles. The highest BCUT2D eigenvalue weighted by Gasteiger charge is 2.41. The van der Waals surface area contributed by atoms with Crippen molar-refractivity contribution >= 4 is 23.2 Å². The van der Waals surface area contributed by atoms with Gasteiger partial charge in [-0.2, -0.15) is 24.5 Å². The van der Waals surface area contributed by atoms with Gasteiger partial charge < -0.3 is 10.0 Å². The molecule has 0 aliphatic carbocycles. The Morgan fingerprint density at radius 2 is 1.73 bits per heavy atom. The van der Waals surface area contributed by atoms with Gasteiger partial charge in [0, 0.05) is 38.1 Å². The van der Waals surface area contributed by atoms with Crippen molar-refractivity contribution in [1.29, 1.82) is 0 Å². The molecule has 162 valence electrons. The molecule has 2 fully saturated rings. The van der Waals surface area contributed by atoms with Crippen molar-refractivity contribution in [3.63, 3.8) is 0 Å². The molecule has 2 aromatic rings. The first-order chi connectivity index (χ1) is 14.1. The topological polar surface area (TPSA) is 60.9 Å². The van der Waals surface area contributed by atoms with Gasteiger partial charge in [0.05, 0.1) is 5.56 Å². The highest BCUT2D eigenvalue weighted by atomic mass is 32.1. The van der Waals surface area contributed by atoms with Gasteiger partial charge in [0.2, 0.25) is 0 Å². The summed E-state index contributed by atoms with van der Waals surface area (Å²) in [6.45, 7) is 4.48. The second-order valence-corrected chi connectivity index (χ2v) is 8.15. The molecule has 0 spiro atoms. The van der Waals surface area contributed by atoms with Crippen LogP contribution in [0, 0.1) is 17.7 Å². The number of nitrogens with zero attached hydrogens (tertiary/aromatic N) is 2. The summed E-state index contributed by atoms with van der Waals surface area (Å²) in [5.74, 6) is -1.67. The van der Waals surface area contributed by atoms with Gasteiger partial charge in [-0.3, -0.25) is 9.69 Å². The van der Waals surface area contributed by atoms with Crippen LogP contribution >= 0.6 is 11.3 Å². The number of halogens is 4. The van der Waals surface area contributed by atoms with Crippen molar-refractivity contribution in [1.82, 2.24) is 9.80 Å². The molecular weight excluding hydrogens is 424 g/mol. The number of carboxylic acids is 1. The Morgan fingerprint density at radius 3 is 2.23 bits per heavy atom. The fourth-order valence-electron chi connectivity index (χ4n) is 3.85. The fourth-order valence-corrected chi connectivity index (χ4v) is 4.48. The molecule has 4 rings (SSSR count). The molecule has 1 N–H and O–H groups in total. The number of likely N-dealkylation sites (tertiary alicyclic amines) is 2. The van der Waals surface area contributed by atoms with E-state index in [1.54, 1.807) is 23.5 Å². The molecule has 2 aliphatic rings. The number of hydrogen-bond acceptors (Lipinski definition) is 4. The Hall–Kier alpha value is -2.46. The lowest BCUT2D eigenvalue weighted by Gasteiger charge is -2.21. The summed E-state index contributed by atoms with van der Waals surface area (Å²) in [4.78, 5) is 25.7. The van der Waals surface area contributed by atoms with Crippen molar-refractivity contribution in [3.05, 3.63) is 58.0 Å². The normalized spacial score (nSPS) is 21.1. The minimum absolute atomic E-state index is 0.164. The standard InChI is InChI=1S/C18H19FN2OS.C2HF3O2/c19-17-3-1-2-13(6-17)7-20-8-15-10-21(11-16(15)9-20)18(22)14-4-5-23-12-14;3-2(4,5)1(6)7/h1-6,12,15-16H,7-11H2;(H,6,7). The van der Waals surface area contributed by atoms with Crippen LogP contribution in [0.3, 0.4) is 0 Å². The van der Waals surface area contributed by atoms with E-state index < -0.39 is 12.1 Å². The number of thiophene rings is 1. The first kappa shape index (κ1) is 22.2. The lowest BCUT2D eigenvalue weighted by atomic mass is 10.0. The average molecular weight is 444 g/mol. The number of carbonyl (C=O) groups excluding carboxylic acids is 1. The number of amides is 1. The summed E-state index contributed by atoms with van der Waals surface area (Å²) >= 11 is 1.56. The zero-order chi connectivity index (χ0) is 21.9. The zero-order valence-electron chi connectivity index (χ0n) is 15.8. The summed E-state index contributed by atoms with van der Waals surface area (Å²) in [5, 5.41) is 11.0. The largest absolute Gasteiger partial charge is 0.490 e. The van der Waals surface area contributed by atoms with Crippen molar-refractivity contribution in [2.45, 2.75) is 12.7 Å². The maximum absolute atomic E-state index is 13.3. The first-order valence-electron chi connectivity index (χ1n) is 9.22. The van der Waals surface area contributed by atoms with Gasteiger partial charge in [-0.25, -0.2) is 9.18 Å². The van der Waals surface area contributed by atoms with Crippen LogP contribution in [-0.4, -0.2) is 59.1 Å². The van der Waals surface area contributed by atoms with Gasteiger partial charge in [-0.05, 0) is 41.0 Å². The Balaban J connectivity index is 0.000000318. The highest BCUT2D eigenvalue weighted by molar-refractivity contribution is 7.08. The second kappa shape index (κ2) is 9.13. The minimum Gasteiger partial charge on any atom is -0.475 e. The smallest absolute Gasteiger partial charge is 0.475 e. The van der Waals surface area contributed by atoms with Gasteiger partial charge in [-0.15, -0.1) is 0 Å². The summed E-state index contributed by atoms with van der Waals surface area (Å²) in [5.41, 5.74) is 1.84. The van der Waals surface area contributed by atoms with Crippen LogP contribution in [0.4, 0.5) is 17.6 Å². The average Bonchev–Trinajstić information content (AvgIpc) is 3.37. The number of carboxylic acid groups (broad SMARTS) is 1. The van der Waals surface area contributed by atoms with Gasteiger partial charge in [0.1, 0.15) is 5.82 Å². The number of alkyl halides is 3. The van der Waals surface area contributed by atoms with Crippen LogP contribution < -0.4 is 0 Å². The fraction of sp³-hybridized carbons (Fsp3) is 0.400. The van der Waals surface area contributed by atoms with E-state index in [1.807, 2.05) is 27.8 Å². The summed E-state index contributed by atoms with van der Waals surface area (Å²) in [6, 6.07) is 8.74. The number of hydrogen-bond donors (Lipinski definition) is 1. The molecule has 0 radical (unpaired) electrons. The number of fused-ring (bicyclic) bond motifs is 1. The highest BCUT2D eigenvalue weighted by Crippen LogP contribution is 2.32. The van der Waals surface area contributed by atoms with E-state index in [-0.39, 0.29) is 11.7 Å². The molecule has 2 unspecified atom stereocenters. The maximum atomic E-state index is 13.3. The molecule has 0 bridgehead atoms. The van der Waals surface area contributed by atoms with Crippen LogP contribution in [0.15, 0.2) is 41.1 Å². The lowest BCUT2D eigenvalue weighted by molar-refractivity contribution is -0.192. The molecule has 2 atom stereocenters. The SMILES string of the molecule is O=C(O)C(F)(F)F.O=C(c1ccsc1)N1CC2CN(Cc3cccc(F)c3)CC2C1. The molecule has 1 amide bonds. The van der Waals surface area contributed by atoms with Crippen LogP contribution in [0.25, 0.3) is 0 Å². The van der Waals surface area contributed by atoms with E-state index in [0.717, 1.165) is 43.9 Å². The predicted molar refractivity (Wildman–Crippen MR) is 103 cm³/mol. The molecule has 30 heavy (non-hydrogen) atoms. The van der Waals surface area contributed by atoms with Crippen LogP contribution in [-0.2, 0) is 11.3 Å². The van der Waals surface area contributed by atoms with Crippen molar-refractivity contribution in [2.75, 3.05) is 26.2 Å². The van der Waals surface area contributed by atoms with E-state index in [0.29, 0.717) is 11.8 Å². The molecule has 0 saturated carbocycles. The number of carbonyl (C=O) groups is 2. The summed E-state index contributed by atoms with van der Waals surface area (Å²) in [7, 11) is 0. The van der Waals surface area contributed by atoms with Crippen LogP contribution in [0.1, 0.15) is 15.9 Å². The second-order valence-electron chi connectivity index (χ2n) is 7.37. The maximum Gasteiger partial charge on any atom is 0.490 e. The van der Waals surface area contributed by atoms with E-state index in [9.17, 15) is 22.4 Å². The van der Waals surface area contributed by atoms with Crippen molar-refractivity contribution < 1.29 is 32.3 Å². The number of aliphatic carboxylic acids is 1. The predicted octanol–water partition coefficient (Wildman–Crippen LogP) is 3.72. The number of benzene rings is 1. The quantitative estimate of drug-likeness (QED) is 0.733. The molecule has 2 aliphatic heterocycles. The third kappa shape index (κ3) is 5.57. The Labute approximate surface area is 174 Å². The Morgan fingerprint density at radius 1 is 1.10 bits per heavy atom. The van der Waals surface area contributed by atoms with E-state index >= 15 is 0 Å². The van der Waals surface area contributed by atoms with Gasteiger partial charge in [0.15, 0.2) is 0 Å². The Kier molecular flexibility index (Phi) is 6.77. The number of rotatable bonds is 3. The van der Waals surface area contributed by atoms with E-state index in [4.69, 9.17) is 9.90 Å². The van der Waals surface area contributed by atoms with E-state index in [1.165, 1.54) is 6.07 Å². The molecule has 1 aromatic carbocycles. The Bertz CT molecular complexity index is 874. The molecule has 2 saturated heterocycles. The third-order valence-electron chi connectivity index (χ3n) is 5.15. The van der Waals surface area contributed by atoms with E-state index in [2.05, 4.69) is 4.90 Å².